The number of aliphatic carboxylic acids is 1. The highest BCUT2D eigenvalue weighted by molar-refractivity contribution is 5.93. The van der Waals surface area contributed by atoms with Gasteiger partial charge in [-0.25, -0.2) is 0 Å². The Hall–Kier alpha value is -1.89. The van der Waals surface area contributed by atoms with Crippen LogP contribution in [-0.2, 0) is 23.0 Å². The number of carboxylic acid groups (broad SMARTS) is 1. The summed E-state index contributed by atoms with van der Waals surface area (Å²) < 4.78 is 6.73. The van der Waals surface area contributed by atoms with Crippen molar-refractivity contribution < 1.29 is 19.4 Å². The second kappa shape index (κ2) is 5.62. The Labute approximate surface area is 117 Å². The Kier molecular flexibility index (Phi) is 4.08. The molecule has 1 aliphatic heterocycles. The number of aryl methyl sites for hydroxylation is 2. The van der Waals surface area contributed by atoms with Crippen LogP contribution in [0.1, 0.15) is 23.1 Å². The molecule has 1 fully saturated rings. The van der Waals surface area contributed by atoms with Crippen LogP contribution in [0, 0.1) is 5.92 Å². The van der Waals surface area contributed by atoms with Gasteiger partial charge in [-0.1, -0.05) is 6.92 Å². The molecule has 2 atom stereocenters. The number of hydrogen-bond donors (Lipinski definition) is 1. The largest absolute Gasteiger partial charge is 0.481 e. The zero-order valence-corrected chi connectivity index (χ0v) is 11.9. The molecule has 7 nitrogen and oxygen atoms in total. The van der Waals surface area contributed by atoms with Crippen LogP contribution in [0.3, 0.4) is 0 Å². The Bertz CT molecular complexity index is 526. The molecule has 20 heavy (non-hydrogen) atoms. The van der Waals surface area contributed by atoms with Crippen LogP contribution in [0.15, 0.2) is 6.07 Å². The predicted octanol–water partition coefficient (Wildman–Crippen LogP) is 0.154. The quantitative estimate of drug-likeness (QED) is 0.849. The average Bonchev–Trinajstić information content (AvgIpc) is 3.03. The summed E-state index contributed by atoms with van der Waals surface area (Å²) in [5.74, 6) is -1.85. The number of ether oxygens (including phenoxy) is 1. The lowest BCUT2D eigenvalue weighted by atomic mass is 10.0. The minimum Gasteiger partial charge on any atom is -0.481 e. The van der Waals surface area contributed by atoms with Gasteiger partial charge in [-0.05, 0) is 12.5 Å². The molecule has 110 valence electrons. The molecule has 0 aliphatic carbocycles. The fourth-order valence-corrected chi connectivity index (χ4v) is 2.39. The van der Waals surface area contributed by atoms with E-state index in [1.54, 1.807) is 20.2 Å². The van der Waals surface area contributed by atoms with Crippen molar-refractivity contribution in [1.29, 1.82) is 0 Å². The number of nitrogens with zero attached hydrogens (tertiary/aromatic N) is 3. The Morgan fingerprint density at radius 1 is 1.55 bits per heavy atom. The number of rotatable bonds is 4. The van der Waals surface area contributed by atoms with Gasteiger partial charge in [0.15, 0.2) is 0 Å². The Morgan fingerprint density at radius 2 is 2.25 bits per heavy atom. The summed E-state index contributed by atoms with van der Waals surface area (Å²) in [5.41, 5.74) is 1.29. The SMILES string of the molecule is CCc1cc(C(=O)N(C)C2COCC2C(=O)O)n(C)n1. The number of carboxylic acids is 1. The van der Waals surface area contributed by atoms with Crippen LogP contribution in [0.2, 0.25) is 0 Å². The van der Waals surface area contributed by atoms with Crippen LogP contribution in [-0.4, -0.2) is 58.0 Å². The summed E-state index contributed by atoms with van der Waals surface area (Å²) in [6.45, 7) is 2.35. The van der Waals surface area contributed by atoms with Gasteiger partial charge in [0.2, 0.25) is 0 Å². The van der Waals surface area contributed by atoms with E-state index in [1.165, 1.54) is 9.58 Å². The molecule has 1 aliphatic rings. The monoisotopic (exact) mass is 281 g/mol. The minimum atomic E-state index is -0.939. The van der Waals surface area contributed by atoms with E-state index in [0.29, 0.717) is 5.69 Å². The Morgan fingerprint density at radius 3 is 2.80 bits per heavy atom. The normalized spacial score (nSPS) is 21.9. The van der Waals surface area contributed by atoms with Gasteiger partial charge in [-0.15, -0.1) is 0 Å². The van der Waals surface area contributed by atoms with Crippen LogP contribution in [0.4, 0.5) is 0 Å². The Balaban J connectivity index is 2.19. The van der Waals surface area contributed by atoms with Crippen molar-refractivity contribution in [2.75, 3.05) is 20.3 Å². The second-order valence-corrected chi connectivity index (χ2v) is 4.96. The lowest BCUT2D eigenvalue weighted by Crippen LogP contribution is -2.44. The maximum absolute atomic E-state index is 12.5. The number of likely N-dealkylation sites (N-methyl/N-ethyl adjacent to an activating group) is 1. The molecule has 2 heterocycles. The van der Waals surface area contributed by atoms with Crippen molar-refractivity contribution in [2.45, 2.75) is 19.4 Å². The second-order valence-electron chi connectivity index (χ2n) is 4.96. The molecular formula is C13H19N3O4. The zero-order valence-electron chi connectivity index (χ0n) is 11.9. The number of hydrogen-bond acceptors (Lipinski definition) is 4. The highest BCUT2D eigenvalue weighted by Gasteiger charge is 2.39. The third kappa shape index (κ3) is 2.53. The fourth-order valence-electron chi connectivity index (χ4n) is 2.39. The number of carbonyl (C=O) groups excluding carboxylic acids is 1. The molecule has 0 spiro atoms. The van der Waals surface area contributed by atoms with Crippen molar-refractivity contribution in [3.05, 3.63) is 17.5 Å². The summed E-state index contributed by atoms with van der Waals surface area (Å²) in [4.78, 5) is 25.1. The molecule has 1 aromatic rings. The van der Waals surface area contributed by atoms with Crippen LogP contribution in [0.25, 0.3) is 0 Å². The zero-order chi connectivity index (χ0) is 14.9. The third-order valence-corrected chi connectivity index (χ3v) is 3.70. The van der Waals surface area contributed by atoms with Gasteiger partial charge in [-0.3, -0.25) is 14.3 Å². The van der Waals surface area contributed by atoms with Crippen molar-refractivity contribution in [2.24, 2.45) is 13.0 Å². The van der Waals surface area contributed by atoms with E-state index in [9.17, 15) is 9.59 Å². The van der Waals surface area contributed by atoms with Crippen molar-refractivity contribution >= 4 is 11.9 Å². The maximum Gasteiger partial charge on any atom is 0.311 e. The molecule has 2 unspecified atom stereocenters. The van der Waals surface area contributed by atoms with Crippen LogP contribution < -0.4 is 0 Å². The predicted molar refractivity (Wildman–Crippen MR) is 70.4 cm³/mol. The van der Waals surface area contributed by atoms with E-state index in [4.69, 9.17) is 9.84 Å². The first-order valence-electron chi connectivity index (χ1n) is 6.56. The fraction of sp³-hybridized carbons (Fsp3) is 0.615. The average molecular weight is 281 g/mol. The van der Waals surface area contributed by atoms with Crippen LogP contribution in [0.5, 0.6) is 0 Å². The summed E-state index contributed by atoms with van der Waals surface area (Å²) in [6.07, 6.45) is 0.745. The minimum absolute atomic E-state index is 0.142. The van der Waals surface area contributed by atoms with Gasteiger partial charge >= 0.3 is 5.97 Å². The number of carbonyl (C=O) groups is 2. The van der Waals surface area contributed by atoms with E-state index in [1.807, 2.05) is 6.92 Å². The van der Waals surface area contributed by atoms with Crippen molar-refractivity contribution in [3.8, 4) is 0 Å². The number of aromatic nitrogens is 2. The number of amides is 1. The van der Waals surface area contributed by atoms with Gasteiger partial charge < -0.3 is 14.7 Å². The highest BCUT2D eigenvalue weighted by Crippen LogP contribution is 2.21. The molecule has 0 radical (unpaired) electrons. The molecule has 0 aromatic carbocycles. The maximum atomic E-state index is 12.5. The van der Waals surface area contributed by atoms with E-state index in [0.717, 1.165) is 12.1 Å². The molecule has 7 heteroatoms. The van der Waals surface area contributed by atoms with E-state index in [-0.39, 0.29) is 19.1 Å². The first kappa shape index (κ1) is 14.5. The van der Waals surface area contributed by atoms with Gasteiger partial charge in [0, 0.05) is 14.1 Å². The van der Waals surface area contributed by atoms with Gasteiger partial charge in [-0.2, -0.15) is 5.10 Å². The summed E-state index contributed by atoms with van der Waals surface area (Å²) in [5, 5.41) is 13.4. The van der Waals surface area contributed by atoms with Gasteiger partial charge in [0.25, 0.3) is 5.91 Å². The first-order valence-corrected chi connectivity index (χ1v) is 6.56. The molecule has 0 saturated carbocycles. The van der Waals surface area contributed by atoms with Crippen LogP contribution >= 0.6 is 0 Å². The van der Waals surface area contributed by atoms with E-state index >= 15 is 0 Å². The lowest BCUT2D eigenvalue weighted by molar-refractivity contribution is -0.142. The molecular weight excluding hydrogens is 262 g/mol. The molecule has 2 rings (SSSR count). The smallest absolute Gasteiger partial charge is 0.311 e. The molecule has 1 N–H and O–H groups in total. The van der Waals surface area contributed by atoms with Gasteiger partial charge in [0.1, 0.15) is 11.6 Å². The summed E-state index contributed by atoms with van der Waals surface area (Å²) in [6, 6.07) is 1.30. The molecule has 1 aromatic heterocycles. The van der Waals surface area contributed by atoms with Crippen molar-refractivity contribution in [1.82, 2.24) is 14.7 Å². The van der Waals surface area contributed by atoms with Gasteiger partial charge in [0.05, 0.1) is 24.9 Å². The first-order chi connectivity index (χ1) is 9.45. The van der Waals surface area contributed by atoms with Crippen molar-refractivity contribution in [3.63, 3.8) is 0 Å². The standard InChI is InChI=1S/C13H19N3O4/c1-4-8-5-10(16(3)14-8)12(17)15(2)11-7-20-6-9(11)13(18)19/h5,9,11H,4,6-7H2,1-3H3,(H,18,19). The highest BCUT2D eigenvalue weighted by atomic mass is 16.5. The van der Waals surface area contributed by atoms with E-state index in [2.05, 4.69) is 5.10 Å². The van der Waals surface area contributed by atoms with E-state index < -0.39 is 17.9 Å². The molecule has 1 saturated heterocycles. The molecule has 0 bridgehead atoms. The topological polar surface area (TPSA) is 84.7 Å². The molecule has 1 amide bonds. The lowest BCUT2D eigenvalue weighted by Gasteiger charge is -2.26. The third-order valence-electron chi connectivity index (χ3n) is 3.70. The summed E-state index contributed by atoms with van der Waals surface area (Å²) in [7, 11) is 3.32. The summed E-state index contributed by atoms with van der Waals surface area (Å²) >= 11 is 0.